The number of nitrogens with two attached hydrogens (primary N) is 2. The van der Waals surface area contributed by atoms with Crippen LogP contribution in [0.2, 0.25) is 0 Å². The van der Waals surface area contributed by atoms with Crippen molar-refractivity contribution < 1.29 is 9.53 Å². The zero-order chi connectivity index (χ0) is 14.0. The zero-order valence-electron chi connectivity index (χ0n) is 10.8. The van der Waals surface area contributed by atoms with Crippen LogP contribution in [0.25, 0.3) is 0 Å². The molecule has 2 rings (SSSR count). The molecule has 1 aromatic carbocycles. The lowest BCUT2D eigenvalue weighted by Crippen LogP contribution is -2.06. The van der Waals surface area contributed by atoms with Crippen LogP contribution in [-0.4, -0.2) is 11.0 Å². The Morgan fingerprint density at radius 3 is 2.42 bits per heavy atom. The average Bonchev–Trinajstić information content (AvgIpc) is 2.64. The molecule has 0 unspecified atom stereocenters. The average molecular weight is 277 g/mol. The fourth-order valence-electron chi connectivity index (χ4n) is 1.61. The molecule has 1 heterocycles. The number of esters is 1. The van der Waals surface area contributed by atoms with Gasteiger partial charge in [-0.2, -0.15) is 0 Å². The van der Waals surface area contributed by atoms with Gasteiger partial charge in [0.1, 0.15) is 11.6 Å². The zero-order valence-corrected chi connectivity index (χ0v) is 11.6. The highest BCUT2D eigenvalue weighted by Crippen LogP contribution is 2.19. The monoisotopic (exact) mass is 277 g/mol. The number of hydrogen-bond acceptors (Lipinski definition) is 6. The Bertz CT molecular complexity index is 583. The minimum absolute atomic E-state index is 0.160. The van der Waals surface area contributed by atoms with E-state index in [1.165, 1.54) is 23.5 Å². The molecule has 0 amide bonds. The smallest absolute Gasteiger partial charge is 0.338 e. The highest BCUT2D eigenvalue weighted by Gasteiger charge is 2.11. The lowest BCUT2D eigenvalue weighted by molar-refractivity contribution is 0.0472. The number of aromatic nitrogens is 1. The number of aryl methyl sites for hydroxylation is 2. The summed E-state index contributed by atoms with van der Waals surface area (Å²) in [5.74, 6) is -0.454. The number of benzene rings is 1. The second-order valence-electron chi connectivity index (χ2n) is 4.21. The summed E-state index contributed by atoms with van der Waals surface area (Å²) >= 11 is 1.52. The topological polar surface area (TPSA) is 91.2 Å². The van der Waals surface area contributed by atoms with Crippen molar-refractivity contribution in [1.29, 1.82) is 0 Å². The van der Waals surface area contributed by atoms with Crippen molar-refractivity contribution in [3.05, 3.63) is 39.3 Å². The summed E-state index contributed by atoms with van der Waals surface area (Å²) in [5.41, 5.74) is 13.4. The van der Waals surface area contributed by atoms with Gasteiger partial charge >= 0.3 is 5.97 Å². The number of hydrogen-bond donors (Lipinski definition) is 2. The Morgan fingerprint density at radius 2 is 1.89 bits per heavy atom. The number of carbonyl (C=O) groups excluding carboxylic acids is 1. The van der Waals surface area contributed by atoms with Crippen molar-refractivity contribution in [2.75, 3.05) is 11.5 Å². The minimum Gasteiger partial charge on any atom is -0.455 e. The maximum atomic E-state index is 11.9. The predicted molar refractivity (Wildman–Crippen MR) is 76.0 cm³/mol. The highest BCUT2D eigenvalue weighted by atomic mass is 32.1. The molecular weight excluding hydrogens is 262 g/mol. The third-order valence-corrected chi connectivity index (χ3v) is 3.66. The number of anilines is 2. The summed E-state index contributed by atoms with van der Waals surface area (Å²) < 4.78 is 5.19. The van der Waals surface area contributed by atoms with E-state index >= 15 is 0 Å². The van der Waals surface area contributed by atoms with Gasteiger partial charge in [0.05, 0.1) is 11.3 Å². The Morgan fingerprint density at radius 1 is 1.26 bits per heavy atom. The van der Waals surface area contributed by atoms with E-state index in [9.17, 15) is 4.79 Å². The van der Waals surface area contributed by atoms with Crippen molar-refractivity contribution in [3.63, 3.8) is 0 Å². The molecule has 2 aromatic rings. The van der Waals surface area contributed by atoms with E-state index in [-0.39, 0.29) is 6.61 Å². The van der Waals surface area contributed by atoms with Gasteiger partial charge in [0.15, 0.2) is 0 Å². The lowest BCUT2D eigenvalue weighted by atomic mass is 10.2. The normalized spacial score (nSPS) is 10.4. The first-order valence-electron chi connectivity index (χ1n) is 5.72. The Balaban J connectivity index is 2.05. The lowest BCUT2D eigenvalue weighted by Gasteiger charge is -2.05. The molecule has 1 aromatic heterocycles. The molecule has 100 valence electrons. The van der Waals surface area contributed by atoms with Crippen molar-refractivity contribution in [1.82, 2.24) is 4.98 Å². The summed E-state index contributed by atoms with van der Waals surface area (Å²) in [4.78, 5) is 17.3. The van der Waals surface area contributed by atoms with Gasteiger partial charge in [-0.1, -0.05) is 0 Å². The second kappa shape index (κ2) is 5.27. The number of thiazole rings is 1. The van der Waals surface area contributed by atoms with Crippen LogP contribution in [-0.2, 0) is 11.3 Å². The largest absolute Gasteiger partial charge is 0.455 e. The third-order valence-electron chi connectivity index (χ3n) is 2.61. The molecule has 0 aliphatic carbocycles. The Hall–Kier alpha value is -2.08. The molecule has 0 aliphatic rings. The fourth-order valence-corrected chi connectivity index (χ4v) is 2.45. The molecule has 5 nitrogen and oxygen atoms in total. The van der Waals surface area contributed by atoms with Crippen molar-refractivity contribution in [2.24, 2.45) is 0 Å². The van der Waals surface area contributed by atoms with Crippen LogP contribution in [0.4, 0.5) is 11.4 Å². The predicted octanol–water partition coefficient (Wildman–Crippen LogP) is 2.28. The molecule has 0 fully saturated rings. The third kappa shape index (κ3) is 3.23. The van der Waals surface area contributed by atoms with Crippen molar-refractivity contribution >= 4 is 28.7 Å². The molecule has 19 heavy (non-hydrogen) atoms. The molecule has 0 radical (unpaired) electrons. The summed E-state index contributed by atoms with van der Waals surface area (Å²) in [5, 5.41) is 0.778. The number of nitrogens with zero attached hydrogens (tertiary/aromatic N) is 1. The molecule has 0 bridgehead atoms. The minimum atomic E-state index is -0.454. The van der Waals surface area contributed by atoms with Gasteiger partial charge in [0, 0.05) is 16.3 Å². The van der Waals surface area contributed by atoms with E-state index in [1.54, 1.807) is 6.07 Å². The number of rotatable bonds is 3. The van der Waals surface area contributed by atoms with Crippen LogP contribution in [0.15, 0.2) is 18.2 Å². The van der Waals surface area contributed by atoms with Crippen LogP contribution in [0.3, 0.4) is 0 Å². The molecule has 0 spiro atoms. The van der Waals surface area contributed by atoms with Crippen molar-refractivity contribution in [2.45, 2.75) is 20.5 Å². The van der Waals surface area contributed by atoms with E-state index in [1.807, 2.05) is 13.8 Å². The van der Waals surface area contributed by atoms with Crippen LogP contribution in [0.1, 0.15) is 25.9 Å². The molecule has 4 N–H and O–H groups in total. The maximum Gasteiger partial charge on any atom is 0.338 e. The quantitative estimate of drug-likeness (QED) is 0.663. The fraction of sp³-hybridized carbons (Fsp3) is 0.231. The van der Waals surface area contributed by atoms with Gasteiger partial charge in [-0.3, -0.25) is 0 Å². The Labute approximate surface area is 115 Å². The van der Waals surface area contributed by atoms with Crippen LogP contribution in [0.5, 0.6) is 0 Å². The molecule has 0 saturated heterocycles. The number of ether oxygens (including phenoxy) is 1. The van der Waals surface area contributed by atoms with Crippen LogP contribution >= 0.6 is 11.3 Å². The highest BCUT2D eigenvalue weighted by molar-refractivity contribution is 7.11. The summed E-state index contributed by atoms with van der Waals surface area (Å²) in [6.07, 6.45) is 0. The van der Waals surface area contributed by atoms with Gasteiger partial charge in [0.2, 0.25) is 0 Å². The van der Waals surface area contributed by atoms with Gasteiger partial charge in [-0.15, -0.1) is 11.3 Å². The SMILES string of the molecule is Cc1nc(COC(=O)c2cc(N)cc(N)c2)sc1C. The molecule has 6 heteroatoms. The summed E-state index contributed by atoms with van der Waals surface area (Å²) in [6, 6.07) is 4.67. The van der Waals surface area contributed by atoms with E-state index in [0.717, 1.165) is 15.6 Å². The maximum absolute atomic E-state index is 11.9. The van der Waals surface area contributed by atoms with E-state index in [4.69, 9.17) is 16.2 Å². The van der Waals surface area contributed by atoms with Gasteiger partial charge in [0.25, 0.3) is 0 Å². The molecular formula is C13H15N3O2S. The van der Waals surface area contributed by atoms with E-state index < -0.39 is 5.97 Å². The summed E-state index contributed by atoms with van der Waals surface area (Å²) in [6.45, 7) is 4.07. The first-order chi connectivity index (χ1) is 8.95. The van der Waals surface area contributed by atoms with E-state index in [0.29, 0.717) is 16.9 Å². The van der Waals surface area contributed by atoms with Crippen molar-refractivity contribution in [3.8, 4) is 0 Å². The van der Waals surface area contributed by atoms with Crippen LogP contribution < -0.4 is 11.5 Å². The Kier molecular flexibility index (Phi) is 3.71. The first kappa shape index (κ1) is 13.4. The second-order valence-corrected chi connectivity index (χ2v) is 5.50. The molecule has 0 aliphatic heterocycles. The standard InChI is InChI=1S/C13H15N3O2S/c1-7-8(2)19-12(16-7)6-18-13(17)9-3-10(14)5-11(15)4-9/h3-5H,6,14-15H2,1-2H3. The molecule has 0 atom stereocenters. The van der Waals surface area contributed by atoms with Gasteiger partial charge < -0.3 is 16.2 Å². The van der Waals surface area contributed by atoms with Gasteiger partial charge in [-0.05, 0) is 32.0 Å². The number of nitrogen functional groups attached to an aromatic ring is 2. The first-order valence-corrected chi connectivity index (χ1v) is 6.53. The number of carbonyl (C=O) groups is 1. The van der Waals surface area contributed by atoms with Gasteiger partial charge in [-0.25, -0.2) is 9.78 Å². The van der Waals surface area contributed by atoms with Crippen LogP contribution in [0, 0.1) is 13.8 Å². The summed E-state index contributed by atoms with van der Waals surface area (Å²) in [7, 11) is 0. The molecule has 0 saturated carbocycles. The van der Waals surface area contributed by atoms with E-state index in [2.05, 4.69) is 4.98 Å².